The molecule has 1 heterocycles. The van der Waals surface area contributed by atoms with Crippen molar-refractivity contribution in [3.05, 3.63) is 23.5 Å². The molecule has 0 unspecified atom stereocenters. The average Bonchev–Trinajstić information content (AvgIpc) is 2.08. The highest BCUT2D eigenvalue weighted by atomic mass is 19.1. The van der Waals surface area contributed by atoms with Crippen LogP contribution in [0.5, 0.6) is 0 Å². The minimum Gasteiger partial charge on any atom is -0.397 e. The van der Waals surface area contributed by atoms with Crippen LogP contribution in [-0.4, -0.2) is 4.98 Å². The Bertz CT molecular complexity index is 317. The highest BCUT2D eigenvalue weighted by molar-refractivity contribution is 5.40. The molecule has 1 aromatic heterocycles. The number of rotatable bonds is 2. The van der Waals surface area contributed by atoms with Gasteiger partial charge in [-0.15, -0.1) is 0 Å². The fraction of sp³-hybridized carbons (Fsp3) is 0.250. The van der Waals surface area contributed by atoms with Crippen LogP contribution in [0.25, 0.3) is 0 Å². The van der Waals surface area contributed by atoms with E-state index in [-0.39, 0.29) is 6.42 Å². The summed E-state index contributed by atoms with van der Waals surface area (Å²) in [5.41, 5.74) is 6.67. The topological polar surface area (TPSA) is 62.7 Å². The summed E-state index contributed by atoms with van der Waals surface area (Å²) in [4.78, 5) is 3.85. The normalized spacial score (nSPS) is 9.33. The van der Waals surface area contributed by atoms with Crippen LogP contribution in [-0.2, 0) is 13.1 Å². The lowest BCUT2D eigenvalue weighted by atomic mass is 10.1. The molecule has 0 saturated heterocycles. The first kappa shape index (κ1) is 8.47. The van der Waals surface area contributed by atoms with E-state index in [1.807, 2.05) is 6.07 Å². The van der Waals surface area contributed by atoms with Crippen molar-refractivity contribution in [1.82, 2.24) is 4.98 Å². The third-order valence-electron chi connectivity index (χ3n) is 1.47. The van der Waals surface area contributed by atoms with Gasteiger partial charge in [0.25, 0.3) is 0 Å². The van der Waals surface area contributed by atoms with Crippen molar-refractivity contribution in [2.75, 3.05) is 5.73 Å². The predicted octanol–water partition coefficient (Wildman–Crippen LogP) is 1.20. The maximum Gasteiger partial charge on any atom is 0.116 e. The molecule has 0 aliphatic carbocycles. The largest absolute Gasteiger partial charge is 0.397 e. The Hall–Kier alpha value is -1.63. The van der Waals surface area contributed by atoms with Crippen molar-refractivity contribution in [3.8, 4) is 6.07 Å². The zero-order chi connectivity index (χ0) is 8.97. The zero-order valence-corrected chi connectivity index (χ0v) is 6.42. The number of hydrogen-bond acceptors (Lipinski definition) is 3. The summed E-state index contributed by atoms with van der Waals surface area (Å²) in [6.45, 7) is -0.630. The van der Waals surface area contributed by atoms with Gasteiger partial charge in [-0.2, -0.15) is 5.26 Å². The second kappa shape index (κ2) is 3.67. The number of hydrogen-bond donors (Lipinski definition) is 1. The summed E-state index contributed by atoms with van der Waals surface area (Å²) >= 11 is 0. The van der Waals surface area contributed by atoms with Gasteiger partial charge in [0, 0.05) is 5.56 Å². The van der Waals surface area contributed by atoms with Gasteiger partial charge in [0.2, 0.25) is 0 Å². The van der Waals surface area contributed by atoms with Crippen molar-refractivity contribution in [3.63, 3.8) is 0 Å². The minimum atomic E-state index is -0.630. The first-order chi connectivity index (χ1) is 5.77. The summed E-state index contributed by atoms with van der Waals surface area (Å²) in [6, 6.07) is 3.41. The standard InChI is InChI=1S/C8H8FN3/c9-4-6-3-7(11)5-12-8(6)1-2-10/h3,5H,1,4,11H2. The van der Waals surface area contributed by atoms with Crippen LogP contribution in [0.1, 0.15) is 11.3 Å². The lowest BCUT2D eigenvalue weighted by Gasteiger charge is -2.01. The highest BCUT2D eigenvalue weighted by Gasteiger charge is 2.03. The molecule has 0 atom stereocenters. The third kappa shape index (κ3) is 1.70. The monoisotopic (exact) mass is 165 g/mol. The molecule has 3 nitrogen and oxygen atoms in total. The van der Waals surface area contributed by atoms with Crippen LogP contribution < -0.4 is 5.73 Å². The van der Waals surface area contributed by atoms with Crippen LogP contribution in [0.2, 0.25) is 0 Å². The van der Waals surface area contributed by atoms with Gasteiger partial charge >= 0.3 is 0 Å². The van der Waals surface area contributed by atoms with Gasteiger partial charge in [0.1, 0.15) is 6.67 Å². The molecule has 0 aliphatic rings. The number of nitrogens with two attached hydrogens (primary N) is 1. The Morgan fingerprint density at radius 2 is 2.42 bits per heavy atom. The Morgan fingerprint density at radius 1 is 1.67 bits per heavy atom. The van der Waals surface area contributed by atoms with Crippen molar-refractivity contribution >= 4 is 5.69 Å². The molecule has 0 aromatic carbocycles. The smallest absolute Gasteiger partial charge is 0.116 e. The third-order valence-corrected chi connectivity index (χ3v) is 1.47. The van der Waals surface area contributed by atoms with Gasteiger partial charge in [-0.1, -0.05) is 0 Å². The van der Waals surface area contributed by atoms with Crippen LogP contribution in [0.4, 0.5) is 10.1 Å². The molecule has 4 heteroatoms. The molecular weight excluding hydrogens is 157 g/mol. The van der Waals surface area contributed by atoms with Crippen molar-refractivity contribution < 1.29 is 4.39 Å². The fourth-order valence-corrected chi connectivity index (χ4v) is 0.907. The number of aromatic nitrogens is 1. The molecule has 0 bridgehead atoms. The molecule has 0 aliphatic heterocycles. The maximum absolute atomic E-state index is 12.3. The van der Waals surface area contributed by atoms with E-state index in [4.69, 9.17) is 11.0 Å². The molecular formula is C8H8FN3. The van der Waals surface area contributed by atoms with Gasteiger partial charge in [0.05, 0.1) is 30.1 Å². The van der Waals surface area contributed by atoms with E-state index in [9.17, 15) is 4.39 Å². The predicted molar refractivity (Wildman–Crippen MR) is 42.8 cm³/mol. The number of pyridine rings is 1. The summed E-state index contributed by atoms with van der Waals surface area (Å²) in [5, 5.41) is 8.37. The first-order valence-electron chi connectivity index (χ1n) is 3.44. The molecule has 62 valence electrons. The highest BCUT2D eigenvalue weighted by Crippen LogP contribution is 2.11. The number of halogens is 1. The van der Waals surface area contributed by atoms with E-state index in [0.717, 1.165) is 0 Å². The van der Waals surface area contributed by atoms with Crippen molar-refractivity contribution in [1.29, 1.82) is 5.26 Å². The number of nitrogens with zero attached hydrogens (tertiary/aromatic N) is 2. The van der Waals surface area contributed by atoms with Crippen LogP contribution in [0.3, 0.4) is 0 Å². The zero-order valence-electron chi connectivity index (χ0n) is 6.42. The average molecular weight is 165 g/mol. The number of nitrogen functional groups attached to an aromatic ring is 1. The quantitative estimate of drug-likeness (QED) is 0.716. The number of anilines is 1. The van der Waals surface area contributed by atoms with E-state index in [1.165, 1.54) is 12.3 Å². The van der Waals surface area contributed by atoms with E-state index in [0.29, 0.717) is 16.9 Å². The maximum atomic E-state index is 12.3. The Kier molecular flexibility index (Phi) is 2.59. The van der Waals surface area contributed by atoms with Crippen LogP contribution in [0, 0.1) is 11.3 Å². The summed E-state index contributed by atoms with van der Waals surface area (Å²) < 4.78 is 12.3. The second-order valence-corrected chi connectivity index (χ2v) is 2.34. The molecule has 0 spiro atoms. The van der Waals surface area contributed by atoms with Crippen molar-refractivity contribution in [2.24, 2.45) is 0 Å². The van der Waals surface area contributed by atoms with Gasteiger partial charge < -0.3 is 5.73 Å². The molecule has 1 aromatic rings. The van der Waals surface area contributed by atoms with Gasteiger partial charge in [-0.25, -0.2) is 4.39 Å². The van der Waals surface area contributed by atoms with E-state index >= 15 is 0 Å². The lowest BCUT2D eigenvalue weighted by molar-refractivity contribution is 0.481. The Morgan fingerprint density at radius 3 is 3.00 bits per heavy atom. The SMILES string of the molecule is N#CCc1ncc(N)cc1CF. The van der Waals surface area contributed by atoms with Gasteiger partial charge in [0.15, 0.2) is 0 Å². The minimum absolute atomic E-state index is 0.125. The number of alkyl halides is 1. The Balaban J connectivity index is 3.04. The van der Waals surface area contributed by atoms with Crippen LogP contribution >= 0.6 is 0 Å². The second-order valence-electron chi connectivity index (χ2n) is 2.34. The fourth-order valence-electron chi connectivity index (χ4n) is 0.907. The van der Waals surface area contributed by atoms with Crippen molar-refractivity contribution in [2.45, 2.75) is 13.1 Å². The van der Waals surface area contributed by atoms with E-state index in [1.54, 1.807) is 0 Å². The van der Waals surface area contributed by atoms with E-state index in [2.05, 4.69) is 4.98 Å². The molecule has 0 saturated carbocycles. The lowest BCUT2D eigenvalue weighted by Crippen LogP contribution is -1.97. The molecule has 1 rings (SSSR count). The number of nitriles is 1. The Labute approximate surface area is 69.6 Å². The van der Waals surface area contributed by atoms with Gasteiger partial charge in [-0.05, 0) is 6.07 Å². The summed E-state index contributed by atoms with van der Waals surface area (Å²) in [6.07, 6.45) is 1.55. The summed E-state index contributed by atoms with van der Waals surface area (Å²) in [7, 11) is 0. The molecule has 0 radical (unpaired) electrons. The van der Waals surface area contributed by atoms with Gasteiger partial charge in [-0.3, -0.25) is 4.98 Å². The summed E-state index contributed by atoms with van der Waals surface area (Å²) in [5.74, 6) is 0. The molecule has 12 heavy (non-hydrogen) atoms. The molecule has 0 fully saturated rings. The molecule has 2 N–H and O–H groups in total. The first-order valence-corrected chi connectivity index (χ1v) is 3.44. The molecule has 0 amide bonds. The van der Waals surface area contributed by atoms with Crippen LogP contribution in [0.15, 0.2) is 12.3 Å². The van der Waals surface area contributed by atoms with E-state index < -0.39 is 6.67 Å².